The van der Waals surface area contributed by atoms with Crippen LogP contribution < -0.4 is 29.7 Å². The molecule has 1 aliphatic rings. The monoisotopic (exact) mass is 433 g/mol. The van der Waals surface area contributed by atoms with Gasteiger partial charge < -0.3 is 29.7 Å². The third kappa shape index (κ3) is 3.90. The molecule has 3 aromatic rings. The van der Waals surface area contributed by atoms with Gasteiger partial charge in [0.05, 0.1) is 31.2 Å². The second-order valence-corrected chi connectivity index (χ2v) is 6.95. The lowest BCUT2D eigenvalue weighted by Gasteiger charge is -2.20. The molecule has 32 heavy (non-hydrogen) atoms. The van der Waals surface area contributed by atoms with Crippen molar-refractivity contribution in [3.05, 3.63) is 66.2 Å². The summed E-state index contributed by atoms with van der Waals surface area (Å²) in [7, 11) is 3.02. The van der Waals surface area contributed by atoms with Crippen LogP contribution in [0.15, 0.2) is 60.7 Å². The minimum Gasteiger partial charge on any atom is -0.493 e. The lowest BCUT2D eigenvalue weighted by molar-refractivity contribution is 0.0988. The molecular formula is C24H23N3O5. The zero-order valence-electron chi connectivity index (χ0n) is 18.0. The molecule has 1 aliphatic heterocycles. The fourth-order valence-electron chi connectivity index (χ4n) is 3.59. The van der Waals surface area contributed by atoms with Crippen LogP contribution in [0.25, 0.3) is 0 Å². The van der Waals surface area contributed by atoms with Crippen LogP contribution in [0.2, 0.25) is 0 Å². The van der Waals surface area contributed by atoms with Crippen molar-refractivity contribution in [2.45, 2.75) is 6.92 Å². The lowest BCUT2D eigenvalue weighted by atomic mass is 10.1. The Morgan fingerprint density at radius 1 is 0.969 bits per heavy atom. The molecule has 0 saturated carbocycles. The van der Waals surface area contributed by atoms with Crippen LogP contribution in [-0.4, -0.2) is 32.7 Å². The van der Waals surface area contributed by atoms with E-state index in [4.69, 9.17) is 14.2 Å². The van der Waals surface area contributed by atoms with Crippen molar-refractivity contribution in [3.63, 3.8) is 0 Å². The van der Waals surface area contributed by atoms with Crippen LogP contribution in [0.5, 0.6) is 23.0 Å². The normalized spacial score (nSPS) is 12.1. The first kappa shape index (κ1) is 21.0. The summed E-state index contributed by atoms with van der Waals surface area (Å²) in [5.74, 6) is 1.74. The first-order valence-electron chi connectivity index (χ1n) is 10.1. The first-order valence-corrected chi connectivity index (χ1v) is 10.1. The standard InChI is InChI=1S/C24H23N3O5/c1-4-27-18-9-5-6-10-20(18)32-19-13-12-15(14-16(19)23(27)28)25-24(29)26-17-8-7-11-21(30-2)22(17)31-3/h5-14H,4H2,1-3H3,(H2,25,26,29). The number of amides is 3. The summed E-state index contributed by atoms with van der Waals surface area (Å²) in [5.41, 5.74) is 1.96. The summed E-state index contributed by atoms with van der Waals surface area (Å²) in [6.07, 6.45) is 0. The van der Waals surface area contributed by atoms with Gasteiger partial charge in [0.1, 0.15) is 5.75 Å². The fraction of sp³-hybridized carbons (Fsp3) is 0.167. The van der Waals surface area contributed by atoms with Crippen molar-refractivity contribution in [3.8, 4) is 23.0 Å². The molecule has 8 nitrogen and oxygen atoms in total. The van der Waals surface area contributed by atoms with Crippen molar-refractivity contribution in [1.29, 1.82) is 0 Å². The molecule has 0 unspecified atom stereocenters. The smallest absolute Gasteiger partial charge is 0.323 e. The number of rotatable bonds is 5. The molecule has 4 rings (SSSR count). The predicted molar refractivity (Wildman–Crippen MR) is 122 cm³/mol. The molecule has 3 amide bonds. The number of anilines is 3. The molecule has 1 heterocycles. The number of hydrogen-bond acceptors (Lipinski definition) is 5. The summed E-state index contributed by atoms with van der Waals surface area (Å²) < 4.78 is 16.6. The zero-order chi connectivity index (χ0) is 22.7. The number of benzene rings is 3. The van der Waals surface area contributed by atoms with Gasteiger partial charge in [0.2, 0.25) is 0 Å². The Kier molecular flexibility index (Phi) is 5.85. The van der Waals surface area contributed by atoms with E-state index < -0.39 is 6.03 Å². The Morgan fingerprint density at radius 2 is 1.78 bits per heavy atom. The van der Waals surface area contributed by atoms with Gasteiger partial charge in [-0.15, -0.1) is 0 Å². The van der Waals surface area contributed by atoms with Gasteiger partial charge in [-0.05, 0) is 49.4 Å². The Labute approximate surface area is 185 Å². The van der Waals surface area contributed by atoms with Gasteiger partial charge in [-0.1, -0.05) is 18.2 Å². The van der Waals surface area contributed by atoms with Crippen LogP contribution >= 0.6 is 0 Å². The quantitative estimate of drug-likeness (QED) is 0.583. The van der Waals surface area contributed by atoms with Crippen LogP contribution in [0.1, 0.15) is 17.3 Å². The summed E-state index contributed by atoms with van der Waals surface area (Å²) in [6, 6.07) is 17.0. The number of carbonyl (C=O) groups excluding carboxylic acids is 2. The van der Waals surface area contributed by atoms with E-state index in [0.717, 1.165) is 0 Å². The lowest BCUT2D eigenvalue weighted by Crippen LogP contribution is -2.30. The highest BCUT2D eigenvalue weighted by Crippen LogP contribution is 2.39. The number of para-hydroxylation sites is 3. The molecule has 0 spiro atoms. The van der Waals surface area contributed by atoms with E-state index in [-0.39, 0.29) is 5.91 Å². The minimum atomic E-state index is -0.492. The number of fused-ring (bicyclic) bond motifs is 2. The first-order chi connectivity index (χ1) is 15.5. The highest BCUT2D eigenvalue weighted by Gasteiger charge is 2.27. The number of methoxy groups -OCH3 is 2. The molecule has 0 bridgehead atoms. The number of nitrogens with one attached hydrogen (secondary N) is 2. The topological polar surface area (TPSA) is 89.1 Å². The zero-order valence-corrected chi connectivity index (χ0v) is 18.0. The van der Waals surface area contributed by atoms with Gasteiger partial charge in [0, 0.05) is 12.2 Å². The number of hydrogen-bond donors (Lipinski definition) is 2. The molecule has 0 saturated heterocycles. The summed E-state index contributed by atoms with van der Waals surface area (Å²) in [5, 5.41) is 5.49. The molecular weight excluding hydrogens is 410 g/mol. The van der Waals surface area contributed by atoms with Gasteiger partial charge in [-0.25, -0.2) is 4.79 Å². The molecule has 0 aliphatic carbocycles. The molecule has 0 atom stereocenters. The summed E-state index contributed by atoms with van der Waals surface area (Å²) in [4.78, 5) is 27.5. The number of urea groups is 1. The number of carbonyl (C=O) groups is 2. The Hall–Kier alpha value is -4.20. The average molecular weight is 433 g/mol. The van der Waals surface area contributed by atoms with Crippen molar-refractivity contribution >= 4 is 29.0 Å². The summed E-state index contributed by atoms with van der Waals surface area (Å²) in [6.45, 7) is 2.38. The number of nitrogens with zero attached hydrogens (tertiary/aromatic N) is 1. The maximum Gasteiger partial charge on any atom is 0.323 e. The van der Waals surface area contributed by atoms with Gasteiger partial charge in [-0.2, -0.15) is 0 Å². The van der Waals surface area contributed by atoms with E-state index in [1.54, 1.807) is 41.3 Å². The third-order valence-corrected chi connectivity index (χ3v) is 5.06. The van der Waals surface area contributed by atoms with Crippen molar-refractivity contribution in [2.24, 2.45) is 0 Å². The van der Waals surface area contributed by atoms with E-state index in [1.165, 1.54) is 14.2 Å². The van der Waals surface area contributed by atoms with Crippen LogP contribution in [-0.2, 0) is 0 Å². The highest BCUT2D eigenvalue weighted by molar-refractivity contribution is 6.11. The van der Waals surface area contributed by atoms with E-state index in [9.17, 15) is 9.59 Å². The van der Waals surface area contributed by atoms with Crippen LogP contribution in [0.3, 0.4) is 0 Å². The maximum absolute atomic E-state index is 13.2. The summed E-state index contributed by atoms with van der Waals surface area (Å²) >= 11 is 0. The van der Waals surface area contributed by atoms with Crippen LogP contribution in [0.4, 0.5) is 21.9 Å². The van der Waals surface area contributed by atoms with E-state index in [0.29, 0.717) is 52.2 Å². The highest BCUT2D eigenvalue weighted by atomic mass is 16.5. The molecule has 2 N–H and O–H groups in total. The fourth-order valence-corrected chi connectivity index (χ4v) is 3.59. The van der Waals surface area contributed by atoms with Crippen LogP contribution in [0, 0.1) is 0 Å². The minimum absolute atomic E-state index is 0.203. The number of ether oxygens (including phenoxy) is 3. The molecule has 0 aromatic heterocycles. The van der Waals surface area contributed by atoms with E-state index in [2.05, 4.69) is 10.6 Å². The van der Waals surface area contributed by atoms with Crippen molar-refractivity contribution < 1.29 is 23.8 Å². The maximum atomic E-state index is 13.2. The van der Waals surface area contributed by atoms with Gasteiger partial charge in [0.25, 0.3) is 5.91 Å². The van der Waals surface area contributed by atoms with E-state index in [1.807, 2.05) is 31.2 Å². The average Bonchev–Trinajstić information content (AvgIpc) is 2.92. The molecule has 164 valence electrons. The van der Waals surface area contributed by atoms with Gasteiger partial charge in [-0.3, -0.25) is 4.79 Å². The van der Waals surface area contributed by atoms with Crippen molar-refractivity contribution in [1.82, 2.24) is 0 Å². The largest absolute Gasteiger partial charge is 0.493 e. The molecule has 8 heteroatoms. The van der Waals surface area contributed by atoms with Gasteiger partial charge in [0.15, 0.2) is 17.2 Å². The second-order valence-electron chi connectivity index (χ2n) is 6.95. The Bertz CT molecular complexity index is 1180. The van der Waals surface area contributed by atoms with Crippen molar-refractivity contribution in [2.75, 3.05) is 36.3 Å². The SMILES string of the molecule is CCN1C(=O)c2cc(NC(=O)Nc3cccc(OC)c3OC)ccc2Oc2ccccc21. The molecule has 0 fully saturated rings. The predicted octanol–water partition coefficient (Wildman–Crippen LogP) is 5.12. The second kappa shape index (κ2) is 8.89. The molecule has 3 aromatic carbocycles. The van der Waals surface area contributed by atoms with E-state index >= 15 is 0 Å². The Morgan fingerprint density at radius 3 is 2.53 bits per heavy atom. The Balaban J connectivity index is 1.58. The van der Waals surface area contributed by atoms with Gasteiger partial charge >= 0.3 is 6.03 Å². The third-order valence-electron chi connectivity index (χ3n) is 5.06. The molecule has 0 radical (unpaired) electrons.